The number of hydrogen-bond acceptors (Lipinski definition) is 4. The average Bonchev–Trinajstić information content (AvgIpc) is 3.46. The fraction of sp³-hybridized carbons (Fsp3) is 0.400. The molecule has 132 valence electrons. The van der Waals surface area contributed by atoms with E-state index in [1.165, 1.54) is 24.5 Å². The van der Waals surface area contributed by atoms with Crippen molar-refractivity contribution in [2.75, 3.05) is 7.11 Å². The van der Waals surface area contributed by atoms with Crippen molar-refractivity contribution in [3.8, 4) is 5.75 Å². The number of methoxy groups -OCH3 is 1. The molecule has 0 saturated heterocycles. The lowest BCUT2D eigenvalue weighted by Gasteiger charge is -2.30. The van der Waals surface area contributed by atoms with Gasteiger partial charge in [-0.2, -0.15) is 0 Å². The molecule has 5 nitrogen and oxygen atoms in total. The minimum Gasteiger partial charge on any atom is -0.496 e. The van der Waals surface area contributed by atoms with E-state index in [2.05, 4.69) is 24.0 Å². The molecule has 25 heavy (non-hydrogen) atoms. The Hall–Kier alpha value is -2.40. The third kappa shape index (κ3) is 4.37. The summed E-state index contributed by atoms with van der Waals surface area (Å²) in [5.41, 5.74) is 2.22. The Labute approximate surface area is 148 Å². The van der Waals surface area contributed by atoms with E-state index in [0.717, 1.165) is 12.1 Å². The van der Waals surface area contributed by atoms with Crippen molar-refractivity contribution in [3.63, 3.8) is 0 Å². The Morgan fingerprint density at radius 2 is 1.92 bits per heavy atom. The zero-order valence-corrected chi connectivity index (χ0v) is 14.7. The summed E-state index contributed by atoms with van der Waals surface area (Å²) in [6, 6.07) is 15.6. The Kier molecular flexibility index (Phi) is 5.34. The monoisotopic (exact) mass is 340 g/mol. The molecule has 1 fully saturated rings. The smallest absolute Gasteiger partial charge is 0.270 e. The lowest BCUT2D eigenvalue weighted by Crippen LogP contribution is -2.33. The zero-order valence-electron chi connectivity index (χ0n) is 14.7. The third-order valence-electron chi connectivity index (χ3n) is 4.96. The molecule has 1 aliphatic rings. The van der Waals surface area contributed by atoms with Crippen LogP contribution in [-0.2, 0) is 13.1 Å². The van der Waals surface area contributed by atoms with Crippen LogP contribution in [-0.4, -0.2) is 23.0 Å². The van der Waals surface area contributed by atoms with Crippen molar-refractivity contribution in [3.05, 3.63) is 69.8 Å². The van der Waals surface area contributed by atoms with Gasteiger partial charge in [-0.3, -0.25) is 15.0 Å². The van der Waals surface area contributed by atoms with E-state index in [1.807, 2.05) is 18.2 Å². The van der Waals surface area contributed by atoms with Crippen LogP contribution in [0.3, 0.4) is 0 Å². The molecule has 1 unspecified atom stereocenters. The number of rotatable bonds is 8. The summed E-state index contributed by atoms with van der Waals surface area (Å²) in [5, 5.41) is 11.1. The average molecular weight is 340 g/mol. The lowest BCUT2D eigenvalue weighted by molar-refractivity contribution is -0.385. The first-order valence-electron chi connectivity index (χ1n) is 8.67. The molecule has 0 aliphatic heterocycles. The number of hydrogen-bond donors (Lipinski definition) is 0. The third-order valence-corrected chi connectivity index (χ3v) is 4.96. The summed E-state index contributed by atoms with van der Waals surface area (Å²) in [5.74, 6) is 1.42. The summed E-state index contributed by atoms with van der Waals surface area (Å²) in [6.07, 6.45) is 2.52. The van der Waals surface area contributed by atoms with Crippen LogP contribution >= 0.6 is 0 Å². The largest absolute Gasteiger partial charge is 0.496 e. The molecule has 1 saturated carbocycles. The highest BCUT2D eigenvalue weighted by atomic mass is 16.6. The van der Waals surface area contributed by atoms with Crippen LogP contribution in [0.5, 0.6) is 5.75 Å². The molecule has 3 rings (SSSR count). The highest BCUT2D eigenvalue weighted by Gasteiger charge is 2.32. The Morgan fingerprint density at radius 3 is 2.52 bits per heavy atom. The fourth-order valence-electron chi connectivity index (χ4n) is 3.26. The normalized spacial score (nSPS) is 15.2. The van der Waals surface area contributed by atoms with E-state index >= 15 is 0 Å². The van der Waals surface area contributed by atoms with Gasteiger partial charge in [0.15, 0.2) is 0 Å². The quantitative estimate of drug-likeness (QED) is 0.528. The van der Waals surface area contributed by atoms with Crippen LogP contribution in [0, 0.1) is 16.0 Å². The minimum atomic E-state index is -0.352. The molecule has 2 aromatic rings. The van der Waals surface area contributed by atoms with Crippen LogP contribution < -0.4 is 4.74 Å². The second kappa shape index (κ2) is 7.66. The molecule has 0 radical (unpaired) electrons. The standard InChI is InChI=1S/C20H24N2O3/c1-15(17-8-9-17)21(13-16-6-4-3-5-7-16)14-18-12-19(22(23)24)10-11-20(18)25-2/h3-7,10-12,15,17H,8-9,13-14H2,1-2H3. The molecule has 0 bridgehead atoms. The van der Waals surface area contributed by atoms with Crippen molar-refractivity contribution < 1.29 is 9.66 Å². The maximum Gasteiger partial charge on any atom is 0.270 e. The Bertz CT molecular complexity index is 729. The number of nitro groups is 1. The van der Waals surface area contributed by atoms with Gasteiger partial charge in [-0.15, -0.1) is 0 Å². The molecule has 1 aliphatic carbocycles. The summed E-state index contributed by atoms with van der Waals surface area (Å²) in [4.78, 5) is 13.2. The molecule has 0 heterocycles. The van der Waals surface area contributed by atoms with Crippen LogP contribution in [0.15, 0.2) is 48.5 Å². The maximum absolute atomic E-state index is 11.1. The van der Waals surface area contributed by atoms with E-state index in [4.69, 9.17) is 4.74 Å². The van der Waals surface area contributed by atoms with Crippen molar-refractivity contribution in [1.29, 1.82) is 0 Å². The van der Waals surface area contributed by atoms with Gasteiger partial charge in [0.2, 0.25) is 0 Å². The molecular weight excluding hydrogens is 316 g/mol. The first kappa shape index (κ1) is 17.4. The highest BCUT2D eigenvalue weighted by Crippen LogP contribution is 2.37. The first-order valence-corrected chi connectivity index (χ1v) is 8.67. The van der Waals surface area contributed by atoms with Gasteiger partial charge in [0.1, 0.15) is 5.75 Å². The molecule has 0 aromatic heterocycles. The molecule has 0 spiro atoms. The predicted molar refractivity (Wildman–Crippen MR) is 97.5 cm³/mol. The SMILES string of the molecule is COc1ccc([N+](=O)[O-])cc1CN(Cc1ccccc1)C(C)C1CC1. The van der Waals surface area contributed by atoms with Gasteiger partial charge in [-0.25, -0.2) is 0 Å². The van der Waals surface area contributed by atoms with Crippen LogP contribution in [0.2, 0.25) is 0 Å². The Balaban J connectivity index is 1.86. The molecule has 0 N–H and O–H groups in total. The van der Waals surface area contributed by atoms with Gasteiger partial charge in [0.25, 0.3) is 5.69 Å². The lowest BCUT2D eigenvalue weighted by atomic mass is 10.1. The van der Waals surface area contributed by atoms with Gasteiger partial charge in [0.05, 0.1) is 12.0 Å². The second-order valence-electron chi connectivity index (χ2n) is 6.72. The van der Waals surface area contributed by atoms with Crippen molar-refractivity contribution in [2.45, 2.75) is 38.9 Å². The highest BCUT2D eigenvalue weighted by molar-refractivity contribution is 5.43. The number of benzene rings is 2. The van der Waals surface area contributed by atoms with Gasteiger partial charge in [-0.1, -0.05) is 30.3 Å². The number of ether oxygens (including phenoxy) is 1. The van der Waals surface area contributed by atoms with Gasteiger partial charge in [0, 0.05) is 36.8 Å². The van der Waals surface area contributed by atoms with E-state index in [1.54, 1.807) is 19.2 Å². The molecular formula is C20H24N2O3. The van der Waals surface area contributed by atoms with Crippen molar-refractivity contribution in [2.24, 2.45) is 5.92 Å². The number of nitrogens with zero attached hydrogens (tertiary/aromatic N) is 2. The molecule has 5 heteroatoms. The summed E-state index contributed by atoms with van der Waals surface area (Å²) >= 11 is 0. The number of nitro benzene ring substituents is 1. The Morgan fingerprint density at radius 1 is 1.20 bits per heavy atom. The molecule has 2 aromatic carbocycles. The first-order chi connectivity index (χ1) is 12.1. The van der Waals surface area contributed by atoms with Crippen molar-refractivity contribution in [1.82, 2.24) is 4.90 Å². The summed E-state index contributed by atoms with van der Waals surface area (Å²) in [7, 11) is 1.61. The van der Waals surface area contributed by atoms with Gasteiger partial charge < -0.3 is 4.74 Å². The minimum absolute atomic E-state index is 0.106. The zero-order chi connectivity index (χ0) is 17.8. The topological polar surface area (TPSA) is 55.6 Å². The summed E-state index contributed by atoms with van der Waals surface area (Å²) < 4.78 is 5.44. The van der Waals surface area contributed by atoms with Gasteiger partial charge >= 0.3 is 0 Å². The van der Waals surface area contributed by atoms with Crippen LogP contribution in [0.4, 0.5) is 5.69 Å². The molecule has 0 amide bonds. The predicted octanol–water partition coefficient (Wildman–Crippen LogP) is 4.40. The van der Waals surface area contributed by atoms with Crippen molar-refractivity contribution >= 4 is 5.69 Å². The van der Waals surface area contributed by atoms with E-state index < -0.39 is 0 Å². The second-order valence-corrected chi connectivity index (χ2v) is 6.72. The molecule has 1 atom stereocenters. The number of non-ortho nitro benzene ring substituents is 1. The maximum atomic E-state index is 11.1. The van der Waals surface area contributed by atoms with Gasteiger partial charge in [-0.05, 0) is 37.3 Å². The van der Waals surface area contributed by atoms with Crippen LogP contribution in [0.25, 0.3) is 0 Å². The van der Waals surface area contributed by atoms with E-state index in [0.29, 0.717) is 24.3 Å². The van der Waals surface area contributed by atoms with Crippen LogP contribution in [0.1, 0.15) is 30.9 Å². The van der Waals surface area contributed by atoms with E-state index in [9.17, 15) is 10.1 Å². The van der Waals surface area contributed by atoms with E-state index in [-0.39, 0.29) is 10.6 Å². The summed E-state index contributed by atoms with van der Waals surface area (Å²) in [6.45, 7) is 3.71. The fourth-order valence-corrected chi connectivity index (χ4v) is 3.26.